The van der Waals surface area contributed by atoms with E-state index in [1.807, 2.05) is 0 Å². The van der Waals surface area contributed by atoms with Crippen molar-refractivity contribution in [2.75, 3.05) is 0 Å². The van der Waals surface area contributed by atoms with Crippen molar-refractivity contribution in [1.29, 1.82) is 0 Å². The molecule has 0 aromatic rings. The van der Waals surface area contributed by atoms with Gasteiger partial charge in [-0.05, 0) is 30.6 Å². The first kappa shape index (κ1) is 7.19. The quantitative estimate of drug-likeness (QED) is 0.546. The lowest BCUT2D eigenvalue weighted by atomic mass is 9.87. The molecule has 2 atom stereocenters. The van der Waals surface area contributed by atoms with Gasteiger partial charge in [-0.25, -0.2) is 0 Å². The number of hydrogen-bond acceptors (Lipinski definition) is 1. The molecule has 0 amide bonds. The number of rotatable bonds is 0. The van der Waals surface area contributed by atoms with E-state index in [4.69, 9.17) is 4.74 Å². The maximum absolute atomic E-state index is 5.82. The third-order valence-corrected chi connectivity index (χ3v) is 2.92. The Balaban J connectivity index is 2.00. The van der Waals surface area contributed by atoms with Crippen LogP contribution in [0.3, 0.4) is 0 Å². The monoisotopic (exact) mass is 172 g/mol. The van der Waals surface area contributed by atoms with Gasteiger partial charge in [0.15, 0.2) is 0 Å². The van der Waals surface area contributed by atoms with Gasteiger partial charge in [-0.15, -0.1) is 0 Å². The van der Waals surface area contributed by atoms with Crippen LogP contribution in [0.1, 0.15) is 12.8 Å². The Morgan fingerprint density at radius 2 is 2.15 bits per heavy atom. The molecule has 0 N–H and O–H groups in total. The van der Waals surface area contributed by atoms with Crippen LogP contribution in [0.2, 0.25) is 0 Å². The Labute approximate surface area is 78.1 Å². The van der Waals surface area contributed by atoms with Gasteiger partial charge in [0.2, 0.25) is 0 Å². The fourth-order valence-corrected chi connectivity index (χ4v) is 2.27. The van der Waals surface area contributed by atoms with Crippen LogP contribution in [0.4, 0.5) is 0 Å². The van der Waals surface area contributed by atoms with E-state index < -0.39 is 0 Å². The number of fused-ring (bicyclic) bond motifs is 2. The molecule has 0 saturated carbocycles. The van der Waals surface area contributed by atoms with Crippen LogP contribution in [0.15, 0.2) is 47.8 Å². The fraction of sp³-hybridized carbons (Fsp3) is 0.333. The van der Waals surface area contributed by atoms with Crippen molar-refractivity contribution in [2.45, 2.75) is 18.9 Å². The summed E-state index contributed by atoms with van der Waals surface area (Å²) in [5, 5.41) is 0. The molecule has 1 heterocycles. The predicted molar refractivity (Wildman–Crippen MR) is 52.0 cm³/mol. The SMILES string of the molecule is C1=CC2OC3=C(CCC=C3)C2C=C1. The second-order valence-electron chi connectivity index (χ2n) is 3.71. The smallest absolute Gasteiger partial charge is 0.127 e. The molecule has 0 bridgehead atoms. The van der Waals surface area contributed by atoms with Gasteiger partial charge in [0.25, 0.3) is 0 Å². The average Bonchev–Trinajstić information content (AvgIpc) is 2.56. The second kappa shape index (κ2) is 2.63. The van der Waals surface area contributed by atoms with Crippen molar-refractivity contribution in [1.82, 2.24) is 0 Å². The largest absolute Gasteiger partial charge is 0.485 e. The summed E-state index contributed by atoms with van der Waals surface area (Å²) < 4.78 is 5.82. The molecular formula is C12H12O. The van der Waals surface area contributed by atoms with E-state index in [0.717, 1.165) is 5.76 Å². The highest BCUT2D eigenvalue weighted by Crippen LogP contribution is 2.39. The maximum atomic E-state index is 5.82. The standard InChI is InChI=1S/C12H12O/c1-3-7-11-9(5-1)10-6-2-4-8-12(10)13-11/h1,3-5,7-9,11H,2,6H2. The fourth-order valence-electron chi connectivity index (χ4n) is 2.27. The van der Waals surface area contributed by atoms with Gasteiger partial charge in [0.05, 0.1) is 0 Å². The first-order valence-corrected chi connectivity index (χ1v) is 4.86. The molecule has 66 valence electrons. The summed E-state index contributed by atoms with van der Waals surface area (Å²) in [6.45, 7) is 0. The van der Waals surface area contributed by atoms with Crippen LogP contribution >= 0.6 is 0 Å². The Bertz CT molecular complexity index is 344. The Hall–Kier alpha value is -1.24. The first-order valence-electron chi connectivity index (χ1n) is 4.86. The Morgan fingerprint density at radius 3 is 3.15 bits per heavy atom. The summed E-state index contributed by atoms with van der Waals surface area (Å²) in [5.74, 6) is 1.64. The lowest BCUT2D eigenvalue weighted by Crippen LogP contribution is -2.15. The molecule has 3 aliphatic rings. The summed E-state index contributed by atoms with van der Waals surface area (Å²) in [6.07, 6.45) is 15.5. The van der Waals surface area contributed by atoms with Crippen LogP contribution in [-0.2, 0) is 4.74 Å². The Kier molecular flexibility index (Phi) is 1.45. The Morgan fingerprint density at radius 1 is 1.23 bits per heavy atom. The lowest BCUT2D eigenvalue weighted by molar-refractivity contribution is 0.173. The molecule has 0 spiro atoms. The topological polar surface area (TPSA) is 9.23 Å². The highest BCUT2D eigenvalue weighted by Gasteiger charge is 2.33. The van der Waals surface area contributed by atoms with Crippen LogP contribution in [0, 0.1) is 5.92 Å². The molecule has 0 aromatic heterocycles. The van der Waals surface area contributed by atoms with E-state index >= 15 is 0 Å². The minimum Gasteiger partial charge on any atom is -0.485 e. The van der Waals surface area contributed by atoms with Crippen LogP contribution in [0.25, 0.3) is 0 Å². The molecule has 2 unspecified atom stereocenters. The van der Waals surface area contributed by atoms with Gasteiger partial charge >= 0.3 is 0 Å². The van der Waals surface area contributed by atoms with Gasteiger partial charge in [0, 0.05) is 5.92 Å². The summed E-state index contributed by atoms with van der Waals surface area (Å²) in [5.41, 5.74) is 1.49. The van der Waals surface area contributed by atoms with Crippen molar-refractivity contribution in [2.24, 2.45) is 5.92 Å². The molecule has 3 rings (SSSR count). The first-order chi connectivity index (χ1) is 6.45. The molecular weight excluding hydrogens is 160 g/mol. The van der Waals surface area contributed by atoms with E-state index in [0.29, 0.717) is 5.92 Å². The van der Waals surface area contributed by atoms with E-state index in [1.165, 1.54) is 18.4 Å². The summed E-state index contributed by atoms with van der Waals surface area (Å²) >= 11 is 0. The zero-order valence-corrected chi connectivity index (χ0v) is 7.44. The van der Waals surface area contributed by atoms with E-state index in [9.17, 15) is 0 Å². The van der Waals surface area contributed by atoms with Crippen LogP contribution in [-0.4, -0.2) is 6.10 Å². The lowest BCUT2D eigenvalue weighted by Gasteiger charge is -2.16. The van der Waals surface area contributed by atoms with Crippen LogP contribution in [0.5, 0.6) is 0 Å². The number of hydrogen-bond donors (Lipinski definition) is 0. The third-order valence-electron chi connectivity index (χ3n) is 2.92. The molecule has 0 fully saturated rings. The van der Waals surface area contributed by atoms with Crippen LogP contribution < -0.4 is 0 Å². The molecule has 1 aliphatic heterocycles. The second-order valence-corrected chi connectivity index (χ2v) is 3.71. The minimum absolute atomic E-state index is 0.276. The summed E-state index contributed by atoms with van der Waals surface area (Å²) in [6, 6.07) is 0. The third kappa shape index (κ3) is 0.998. The minimum atomic E-state index is 0.276. The van der Waals surface area contributed by atoms with Crippen molar-refractivity contribution in [3.8, 4) is 0 Å². The normalized spacial score (nSPS) is 34.5. The van der Waals surface area contributed by atoms with Crippen molar-refractivity contribution >= 4 is 0 Å². The molecule has 0 saturated heterocycles. The van der Waals surface area contributed by atoms with Gasteiger partial charge in [-0.1, -0.05) is 24.3 Å². The molecule has 13 heavy (non-hydrogen) atoms. The van der Waals surface area contributed by atoms with E-state index in [2.05, 4.69) is 36.5 Å². The highest BCUT2D eigenvalue weighted by molar-refractivity contribution is 5.38. The van der Waals surface area contributed by atoms with Crippen molar-refractivity contribution in [3.05, 3.63) is 47.8 Å². The van der Waals surface area contributed by atoms with Gasteiger partial charge < -0.3 is 4.74 Å². The zero-order chi connectivity index (χ0) is 8.67. The molecule has 0 aromatic carbocycles. The van der Waals surface area contributed by atoms with Gasteiger partial charge in [-0.2, -0.15) is 0 Å². The van der Waals surface area contributed by atoms with Crippen molar-refractivity contribution in [3.63, 3.8) is 0 Å². The molecule has 2 aliphatic carbocycles. The summed E-state index contributed by atoms with van der Waals surface area (Å²) in [4.78, 5) is 0. The van der Waals surface area contributed by atoms with E-state index in [-0.39, 0.29) is 6.10 Å². The molecule has 1 nitrogen and oxygen atoms in total. The predicted octanol–water partition coefficient (Wildman–Crippen LogP) is 2.73. The zero-order valence-electron chi connectivity index (χ0n) is 7.44. The van der Waals surface area contributed by atoms with E-state index in [1.54, 1.807) is 0 Å². The number of allylic oxidation sites excluding steroid dienone is 4. The van der Waals surface area contributed by atoms with Crippen molar-refractivity contribution < 1.29 is 4.74 Å². The molecule has 0 radical (unpaired) electrons. The average molecular weight is 172 g/mol. The highest BCUT2D eigenvalue weighted by atomic mass is 16.5. The molecule has 1 heteroatoms. The maximum Gasteiger partial charge on any atom is 0.127 e. The van der Waals surface area contributed by atoms with Gasteiger partial charge in [0.1, 0.15) is 11.9 Å². The van der Waals surface area contributed by atoms with Gasteiger partial charge in [-0.3, -0.25) is 0 Å². The summed E-state index contributed by atoms with van der Waals surface area (Å²) in [7, 11) is 0. The number of ether oxygens (including phenoxy) is 1.